The number of esters is 1. The summed E-state index contributed by atoms with van der Waals surface area (Å²) in [5.41, 5.74) is 4.34. The summed E-state index contributed by atoms with van der Waals surface area (Å²) in [5.74, 6) is -1.24. The summed E-state index contributed by atoms with van der Waals surface area (Å²) in [7, 11) is 0. The second kappa shape index (κ2) is 9.22. The van der Waals surface area contributed by atoms with Crippen molar-refractivity contribution in [3.63, 3.8) is 0 Å². The number of carbonyl (C=O) groups excluding carboxylic acids is 4. The largest absolute Gasteiger partial charge is 0.426 e. The molecule has 7 nitrogen and oxygen atoms in total. The third-order valence-electron chi connectivity index (χ3n) is 8.79. The lowest BCUT2D eigenvalue weighted by Gasteiger charge is -2.23. The second-order valence-electron chi connectivity index (χ2n) is 10.9. The number of hydrogen-bond donors (Lipinski definition) is 0. The van der Waals surface area contributed by atoms with Crippen LogP contribution in [0.2, 0.25) is 0 Å². The normalized spacial score (nSPS) is 27.6. The SMILES string of the molecule is CCc1cccc(CC)c1N1C[C@H](C(=O)Oc2ccc(N3C(=O)[C@@H]4[C@@H](C3=O)[C@H]3C=C[C@H]4C3)c(C)c2)CC1=O. The van der Waals surface area contributed by atoms with Crippen LogP contribution in [-0.4, -0.2) is 30.2 Å². The van der Waals surface area contributed by atoms with Crippen molar-refractivity contribution in [3.05, 3.63) is 65.2 Å². The van der Waals surface area contributed by atoms with Crippen molar-refractivity contribution in [2.24, 2.45) is 29.6 Å². The van der Waals surface area contributed by atoms with Gasteiger partial charge in [-0.25, -0.2) is 4.90 Å². The average Bonchev–Trinajstić information content (AvgIpc) is 3.68. The lowest BCUT2D eigenvalue weighted by atomic mass is 9.85. The van der Waals surface area contributed by atoms with Gasteiger partial charge in [0.1, 0.15) is 5.75 Å². The van der Waals surface area contributed by atoms with E-state index >= 15 is 0 Å². The third kappa shape index (κ3) is 3.70. The van der Waals surface area contributed by atoms with Crippen LogP contribution in [0.25, 0.3) is 0 Å². The highest BCUT2D eigenvalue weighted by Crippen LogP contribution is 2.53. The van der Waals surface area contributed by atoms with E-state index in [0.29, 0.717) is 17.0 Å². The zero-order valence-electron chi connectivity index (χ0n) is 22.0. The molecule has 1 saturated carbocycles. The van der Waals surface area contributed by atoms with Gasteiger partial charge in [-0.2, -0.15) is 0 Å². The molecule has 38 heavy (non-hydrogen) atoms. The van der Waals surface area contributed by atoms with E-state index in [-0.39, 0.29) is 54.4 Å². The Balaban J connectivity index is 1.17. The summed E-state index contributed by atoms with van der Waals surface area (Å²) in [4.78, 5) is 55.5. The second-order valence-corrected chi connectivity index (χ2v) is 10.9. The van der Waals surface area contributed by atoms with E-state index in [1.807, 2.05) is 25.1 Å². The number of hydrogen-bond acceptors (Lipinski definition) is 5. The van der Waals surface area contributed by atoms with Gasteiger partial charge >= 0.3 is 5.97 Å². The van der Waals surface area contributed by atoms with E-state index < -0.39 is 11.9 Å². The molecule has 2 heterocycles. The fraction of sp³-hybridized carbons (Fsp3) is 0.419. The number of imide groups is 1. The molecule has 0 unspecified atom stereocenters. The van der Waals surface area contributed by atoms with Crippen molar-refractivity contribution >= 4 is 35.1 Å². The van der Waals surface area contributed by atoms with Crippen LogP contribution in [0.5, 0.6) is 5.75 Å². The molecular weight excluding hydrogens is 480 g/mol. The van der Waals surface area contributed by atoms with Crippen LogP contribution in [0.1, 0.15) is 43.4 Å². The first kappa shape index (κ1) is 24.6. The molecule has 6 rings (SSSR count). The lowest BCUT2D eigenvalue weighted by molar-refractivity contribution is -0.139. The molecule has 2 aliphatic carbocycles. The number of para-hydroxylation sites is 1. The van der Waals surface area contributed by atoms with Gasteiger partial charge in [0.25, 0.3) is 0 Å². The standard InChI is InChI=1S/C31H32N2O5/c1-4-18-7-6-8-19(5-2)28(18)32-16-22(15-25(32)34)31(37)38-23-11-12-24(17(3)13-23)33-29(35)26-20-9-10-21(14-20)27(26)30(33)36/h6-13,20-22,26-27H,4-5,14-16H2,1-3H3/t20-,21-,22+,26-,27-/m0/s1. The van der Waals surface area contributed by atoms with Crippen LogP contribution in [-0.2, 0) is 32.0 Å². The van der Waals surface area contributed by atoms with Crippen molar-refractivity contribution in [2.75, 3.05) is 16.3 Å². The van der Waals surface area contributed by atoms with Crippen LogP contribution in [0.3, 0.4) is 0 Å². The first-order valence-electron chi connectivity index (χ1n) is 13.6. The van der Waals surface area contributed by atoms with Crippen molar-refractivity contribution in [3.8, 4) is 5.75 Å². The van der Waals surface area contributed by atoms with E-state index in [4.69, 9.17) is 4.74 Å². The maximum atomic E-state index is 13.2. The Morgan fingerprint density at radius 3 is 2.16 bits per heavy atom. The van der Waals surface area contributed by atoms with Gasteiger partial charge in [-0.1, -0.05) is 44.2 Å². The van der Waals surface area contributed by atoms with Crippen molar-refractivity contribution in [1.29, 1.82) is 0 Å². The van der Waals surface area contributed by atoms with Gasteiger partial charge in [0.15, 0.2) is 0 Å². The number of anilines is 2. The molecule has 2 saturated heterocycles. The van der Waals surface area contributed by atoms with Gasteiger partial charge < -0.3 is 9.64 Å². The maximum absolute atomic E-state index is 13.2. The number of benzene rings is 2. The molecule has 3 amide bonds. The summed E-state index contributed by atoms with van der Waals surface area (Å²) in [6.07, 6.45) is 6.75. The quantitative estimate of drug-likeness (QED) is 0.248. The topological polar surface area (TPSA) is 84.0 Å². The number of rotatable bonds is 6. The fourth-order valence-electron chi connectivity index (χ4n) is 6.92. The highest BCUT2D eigenvalue weighted by atomic mass is 16.5. The van der Waals surface area contributed by atoms with Gasteiger partial charge in [0.05, 0.1) is 23.4 Å². The van der Waals surface area contributed by atoms with Crippen LogP contribution < -0.4 is 14.5 Å². The molecular formula is C31H32N2O5. The van der Waals surface area contributed by atoms with Crippen LogP contribution in [0.15, 0.2) is 48.6 Å². The van der Waals surface area contributed by atoms with Crippen LogP contribution in [0, 0.1) is 36.5 Å². The predicted octanol–water partition coefficient (Wildman–Crippen LogP) is 4.39. The first-order valence-corrected chi connectivity index (χ1v) is 13.6. The number of carbonyl (C=O) groups is 4. The van der Waals surface area contributed by atoms with Crippen molar-refractivity contribution < 1.29 is 23.9 Å². The summed E-state index contributed by atoms with van der Waals surface area (Å²) in [5, 5.41) is 0. The number of amides is 3. The molecule has 0 N–H and O–H groups in total. The van der Waals surface area contributed by atoms with Gasteiger partial charge in [0, 0.05) is 18.7 Å². The fourth-order valence-corrected chi connectivity index (χ4v) is 6.92. The van der Waals surface area contributed by atoms with Gasteiger partial charge in [-0.05, 0) is 72.9 Å². The number of nitrogens with zero attached hydrogens (tertiary/aromatic N) is 2. The maximum Gasteiger partial charge on any atom is 0.316 e. The van der Waals surface area contributed by atoms with E-state index in [1.54, 1.807) is 23.1 Å². The Bertz CT molecular complexity index is 1340. The predicted molar refractivity (Wildman–Crippen MR) is 143 cm³/mol. The molecule has 0 aromatic heterocycles. The smallest absolute Gasteiger partial charge is 0.316 e. The van der Waals surface area contributed by atoms with Crippen molar-refractivity contribution in [2.45, 2.75) is 46.5 Å². The molecule has 4 aliphatic rings. The molecule has 2 aromatic carbocycles. The molecule has 5 atom stereocenters. The number of aryl methyl sites for hydroxylation is 3. The highest BCUT2D eigenvalue weighted by molar-refractivity contribution is 6.23. The van der Waals surface area contributed by atoms with Crippen LogP contribution in [0.4, 0.5) is 11.4 Å². The Morgan fingerprint density at radius 2 is 1.58 bits per heavy atom. The van der Waals surface area contributed by atoms with Gasteiger partial charge in [0.2, 0.25) is 17.7 Å². The number of fused-ring (bicyclic) bond motifs is 5. The first-order chi connectivity index (χ1) is 18.3. The molecule has 2 aliphatic heterocycles. The third-order valence-corrected chi connectivity index (χ3v) is 8.79. The Labute approximate surface area is 222 Å². The van der Waals surface area contributed by atoms with E-state index in [0.717, 1.165) is 36.1 Å². The monoisotopic (exact) mass is 512 g/mol. The molecule has 7 heteroatoms. The minimum Gasteiger partial charge on any atom is -0.426 e. The number of allylic oxidation sites excluding steroid dienone is 2. The Kier molecular flexibility index (Phi) is 5.97. The average molecular weight is 513 g/mol. The molecule has 196 valence electrons. The summed E-state index contributed by atoms with van der Waals surface area (Å²) in [6.45, 7) is 6.22. The summed E-state index contributed by atoms with van der Waals surface area (Å²) < 4.78 is 5.70. The Morgan fingerprint density at radius 1 is 0.947 bits per heavy atom. The van der Waals surface area contributed by atoms with Gasteiger partial charge in [-0.3, -0.25) is 19.2 Å². The number of ether oxygens (including phenoxy) is 1. The Hall–Kier alpha value is -3.74. The zero-order valence-corrected chi connectivity index (χ0v) is 22.0. The minimum absolute atomic E-state index is 0.0749. The highest BCUT2D eigenvalue weighted by Gasteiger charge is 2.59. The minimum atomic E-state index is -0.568. The van der Waals surface area contributed by atoms with E-state index in [2.05, 4.69) is 26.0 Å². The molecule has 2 aromatic rings. The molecule has 0 radical (unpaired) electrons. The van der Waals surface area contributed by atoms with Crippen molar-refractivity contribution in [1.82, 2.24) is 0 Å². The summed E-state index contributed by atoms with van der Waals surface area (Å²) >= 11 is 0. The van der Waals surface area contributed by atoms with Gasteiger partial charge in [-0.15, -0.1) is 0 Å². The van der Waals surface area contributed by atoms with E-state index in [9.17, 15) is 19.2 Å². The molecule has 0 spiro atoms. The molecule has 3 fully saturated rings. The molecule has 2 bridgehead atoms. The zero-order chi connectivity index (χ0) is 26.7. The van der Waals surface area contributed by atoms with E-state index in [1.165, 1.54) is 4.90 Å². The lowest BCUT2D eigenvalue weighted by Crippen LogP contribution is -2.33. The summed E-state index contributed by atoms with van der Waals surface area (Å²) in [6, 6.07) is 11.1. The van der Waals surface area contributed by atoms with Crippen LogP contribution >= 0.6 is 0 Å².